The predicted molar refractivity (Wildman–Crippen MR) is 104 cm³/mol. The number of unbranched alkanes of at least 4 members (excludes halogenated alkanes) is 4. The van der Waals surface area contributed by atoms with Crippen LogP contribution in [0.3, 0.4) is 0 Å². The van der Waals surface area contributed by atoms with Crippen molar-refractivity contribution in [1.29, 1.82) is 0 Å². The van der Waals surface area contributed by atoms with Crippen LogP contribution in [-0.2, 0) is 0 Å². The molecular formula is C21H34ClN. The number of allylic oxidation sites excluding steroid dienone is 1. The van der Waals surface area contributed by atoms with Crippen LogP contribution >= 0.6 is 11.6 Å². The maximum Gasteiger partial charge on any atom is 0.0408 e. The predicted octanol–water partition coefficient (Wildman–Crippen LogP) is 6.68. The molecule has 2 heteroatoms. The van der Waals surface area contributed by atoms with Gasteiger partial charge < -0.3 is 4.90 Å². The molecule has 1 unspecified atom stereocenters. The fraction of sp³-hybridized carbons (Fsp3) is 0.619. The molecule has 1 aromatic carbocycles. The van der Waals surface area contributed by atoms with Gasteiger partial charge in [-0.15, -0.1) is 0 Å². The first-order chi connectivity index (χ1) is 11.2. The number of rotatable bonds is 12. The lowest BCUT2D eigenvalue weighted by Crippen LogP contribution is -2.22. The molecule has 0 aliphatic rings. The molecular weight excluding hydrogens is 302 g/mol. The van der Waals surface area contributed by atoms with Gasteiger partial charge in [-0.25, -0.2) is 0 Å². The maximum absolute atomic E-state index is 6.19. The van der Waals surface area contributed by atoms with E-state index in [0.717, 1.165) is 24.7 Å². The first-order valence-corrected chi connectivity index (χ1v) is 9.73. The Labute approximate surface area is 148 Å². The molecule has 0 amide bonds. The van der Waals surface area contributed by atoms with E-state index in [0.29, 0.717) is 5.92 Å². The summed E-state index contributed by atoms with van der Waals surface area (Å²) in [6, 6.07) is 8.37. The van der Waals surface area contributed by atoms with Crippen molar-refractivity contribution in [3.63, 3.8) is 0 Å². The zero-order valence-corrected chi connectivity index (χ0v) is 16.0. The average Bonchev–Trinajstić information content (AvgIpc) is 2.56. The van der Waals surface area contributed by atoms with Crippen LogP contribution in [0.1, 0.15) is 70.8 Å². The van der Waals surface area contributed by atoms with E-state index in [2.05, 4.69) is 56.0 Å². The van der Waals surface area contributed by atoms with Gasteiger partial charge >= 0.3 is 0 Å². The van der Waals surface area contributed by atoms with Crippen molar-refractivity contribution in [1.82, 2.24) is 4.90 Å². The van der Waals surface area contributed by atoms with Gasteiger partial charge in [-0.1, -0.05) is 88.8 Å². The van der Waals surface area contributed by atoms with Crippen LogP contribution in [0.2, 0.25) is 5.02 Å². The van der Waals surface area contributed by atoms with E-state index in [-0.39, 0.29) is 0 Å². The molecule has 1 nitrogen and oxygen atoms in total. The van der Waals surface area contributed by atoms with E-state index in [9.17, 15) is 0 Å². The Bertz CT molecular complexity index is 437. The Kier molecular flexibility index (Phi) is 11.1. The first-order valence-electron chi connectivity index (χ1n) is 9.35. The molecule has 1 aromatic rings. The summed E-state index contributed by atoms with van der Waals surface area (Å²) in [5.41, 5.74) is 1.35. The van der Waals surface area contributed by atoms with Gasteiger partial charge in [-0.05, 0) is 37.2 Å². The Morgan fingerprint density at radius 3 is 2.43 bits per heavy atom. The number of halogens is 1. The second-order valence-electron chi connectivity index (χ2n) is 6.28. The molecule has 0 spiro atoms. The molecule has 0 N–H and O–H groups in total. The van der Waals surface area contributed by atoms with Gasteiger partial charge in [-0.2, -0.15) is 0 Å². The second kappa shape index (κ2) is 12.6. The second-order valence-corrected chi connectivity index (χ2v) is 6.71. The van der Waals surface area contributed by atoms with Crippen LogP contribution in [0, 0.1) is 0 Å². The van der Waals surface area contributed by atoms with Crippen LogP contribution in [0.5, 0.6) is 0 Å². The maximum atomic E-state index is 6.19. The van der Waals surface area contributed by atoms with Crippen LogP contribution in [-0.4, -0.2) is 24.5 Å². The summed E-state index contributed by atoms with van der Waals surface area (Å²) in [5, 5.41) is 0.843. The lowest BCUT2D eigenvalue weighted by atomic mass is 9.92. The first kappa shape index (κ1) is 20.3. The van der Waals surface area contributed by atoms with E-state index in [1.165, 1.54) is 44.1 Å². The van der Waals surface area contributed by atoms with Gasteiger partial charge in [0.05, 0.1) is 0 Å². The third-order valence-corrected chi connectivity index (χ3v) is 4.76. The molecule has 0 saturated carbocycles. The fourth-order valence-electron chi connectivity index (χ4n) is 2.94. The van der Waals surface area contributed by atoms with Gasteiger partial charge in [0.15, 0.2) is 0 Å². The van der Waals surface area contributed by atoms with Crippen molar-refractivity contribution in [2.24, 2.45) is 0 Å². The van der Waals surface area contributed by atoms with Crippen LogP contribution in [0.25, 0.3) is 0 Å². The number of nitrogens with zero attached hydrogens (tertiary/aromatic N) is 1. The molecule has 1 atom stereocenters. The van der Waals surface area contributed by atoms with E-state index in [1.807, 2.05) is 6.07 Å². The van der Waals surface area contributed by atoms with E-state index in [1.54, 1.807) is 0 Å². The standard InChI is InChI=1S/C21H34ClN/c1-4-7-8-9-10-13-19(15-12-17-23(5-2)6-3)20-14-11-16-21(22)18-20/h11-12,14-16,18-19H,4-10,13,17H2,1-3H3. The topological polar surface area (TPSA) is 3.24 Å². The summed E-state index contributed by atoms with van der Waals surface area (Å²) < 4.78 is 0. The minimum absolute atomic E-state index is 0.492. The fourth-order valence-corrected chi connectivity index (χ4v) is 3.13. The van der Waals surface area contributed by atoms with Gasteiger partial charge in [0.2, 0.25) is 0 Å². The summed E-state index contributed by atoms with van der Waals surface area (Å²) in [7, 11) is 0. The molecule has 0 fully saturated rings. The lowest BCUT2D eigenvalue weighted by Gasteiger charge is -2.17. The summed E-state index contributed by atoms with van der Waals surface area (Å²) in [5.74, 6) is 0.492. The van der Waals surface area contributed by atoms with Gasteiger partial charge in [0, 0.05) is 17.5 Å². The highest BCUT2D eigenvalue weighted by atomic mass is 35.5. The Balaban J connectivity index is 2.62. The zero-order chi connectivity index (χ0) is 16.9. The number of benzene rings is 1. The quantitative estimate of drug-likeness (QED) is 0.304. The molecule has 23 heavy (non-hydrogen) atoms. The highest BCUT2D eigenvalue weighted by Crippen LogP contribution is 2.26. The summed E-state index contributed by atoms with van der Waals surface area (Å²) in [6.07, 6.45) is 12.6. The zero-order valence-electron chi connectivity index (χ0n) is 15.2. The minimum Gasteiger partial charge on any atom is -0.300 e. The molecule has 0 aliphatic heterocycles. The van der Waals surface area contributed by atoms with Crippen LogP contribution in [0.4, 0.5) is 0 Å². The normalized spacial score (nSPS) is 13.1. The van der Waals surface area contributed by atoms with Gasteiger partial charge in [0.25, 0.3) is 0 Å². The molecule has 0 heterocycles. The van der Waals surface area contributed by atoms with E-state index < -0.39 is 0 Å². The smallest absolute Gasteiger partial charge is 0.0408 e. The summed E-state index contributed by atoms with van der Waals surface area (Å²) >= 11 is 6.19. The van der Waals surface area contributed by atoms with Crippen molar-refractivity contribution < 1.29 is 0 Å². The number of hydrogen-bond acceptors (Lipinski definition) is 1. The number of likely N-dealkylation sites (N-methyl/N-ethyl adjacent to an activating group) is 1. The minimum atomic E-state index is 0.492. The molecule has 0 saturated heterocycles. The third kappa shape index (κ3) is 8.58. The lowest BCUT2D eigenvalue weighted by molar-refractivity contribution is 0.337. The third-order valence-electron chi connectivity index (χ3n) is 4.52. The Morgan fingerprint density at radius 1 is 1.04 bits per heavy atom. The van der Waals surface area contributed by atoms with Crippen molar-refractivity contribution in [3.8, 4) is 0 Å². The molecule has 0 aromatic heterocycles. The molecule has 0 aliphatic carbocycles. The summed E-state index contributed by atoms with van der Waals surface area (Å²) in [6.45, 7) is 9.98. The van der Waals surface area contributed by atoms with Crippen molar-refractivity contribution in [2.45, 2.75) is 65.2 Å². The average molecular weight is 336 g/mol. The SMILES string of the molecule is CCCCCCCC(C=CCN(CC)CC)c1cccc(Cl)c1. The highest BCUT2D eigenvalue weighted by Gasteiger charge is 2.08. The summed E-state index contributed by atoms with van der Waals surface area (Å²) in [4.78, 5) is 2.44. The molecule has 0 bridgehead atoms. The van der Waals surface area contributed by atoms with Crippen molar-refractivity contribution >= 4 is 11.6 Å². The number of hydrogen-bond donors (Lipinski definition) is 0. The monoisotopic (exact) mass is 335 g/mol. The van der Waals surface area contributed by atoms with Gasteiger partial charge in [0.1, 0.15) is 0 Å². The molecule has 130 valence electrons. The Morgan fingerprint density at radius 2 is 1.78 bits per heavy atom. The largest absolute Gasteiger partial charge is 0.300 e. The van der Waals surface area contributed by atoms with Crippen molar-refractivity contribution in [3.05, 3.63) is 47.0 Å². The molecule has 0 radical (unpaired) electrons. The van der Waals surface area contributed by atoms with Crippen molar-refractivity contribution in [2.75, 3.05) is 19.6 Å². The van der Waals surface area contributed by atoms with Crippen LogP contribution in [0.15, 0.2) is 36.4 Å². The van der Waals surface area contributed by atoms with Gasteiger partial charge in [-0.3, -0.25) is 0 Å². The Hall–Kier alpha value is -0.790. The van der Waals surface area contributed by atoms with Crippen LogP contribution < -0.4 is 0 Å². The van der Waals surface area contributed by atoms with E-state index >= 15 is 0 Å². The molecule has 1 rings (SSSR count). The highest BCUT2D eigenvalue weighted by molar-refractivity contribution is 6.30. The van der Waals surface area contributed by atoms with E-state index in [4.69, 9.17) is 11.6 Å².